The van der Waals surface area contributed by atoms with Crippen molar-refractivity contribution in [1.29, 1.82) is 0 Å². The second kappa shape index (κ2) is 8.58. The Balaban J connectivity index is 1.79. The number of aromatic nitrogens is 2. The van der Waals surface area contributed by atoms with Crippen molar-refractivity contribution in [3.63, 3.8) is 0 Å². The van der Waals surface area contributed by atoms with E-state index in [0.29, 0.717) is 25.0 Å². The van der Waals surface area contributed by atoms with Crippen molar-refractivity contribution in [1.82, 2.24) is 10.2 Å². The van der Waals surface area contributed by atoms with Crippen molar-refractivity contribution in [3.8, 4) is 23.0 Å². The highest BCUT2D eigenvalue weighted by molar-refractivity contribution is 5.60. The second-order valence-corrected chi connectivity index (χ2v) is 6.20. The molecule has 0 spiro atoms. The average Bonchev–Trinajstić information content (AvgIpc) is 3.15. The van der Waals surface area contributed by atoms with Crippen LogP contribution in [-0.2, 0) is 0 Å². The van der Waals surface area contributed by atoms with Crippen LogP contribution in [-0.4, -0.2) is 23.4 Å². The monoisotopic (exact) mass is 367 g/mol. The molecule has 0 fully saturated rings. The molecular weight excluding hydrogens is 342 g/mol. The SMILES string of the molecule is CCOc1ccc(OCC)c(NC(C)c2nnc(-c3ccc(C)cc3)o2)c1. The summed E-state index contributed by atoms with van der Waals surface area (Å²) in [6.45, 7) is 9.10. The topological polar surface area (TPSA) is 69.4 Å². The molecule has 0 radical (unpaired) electrons. The van der Waals surface area contributed by atoms with Gasteiger partial charge in [0.2, 0.25) is 11.8 Å². The summed E-state index contributed by atoms with van der Waals surface area (Å²) in [6, 6.07) is 13.5. The van der Waals surface area contributed by atoms with Crippen molar-refractivity contribution in [2.24, 2.45) is 0 Å². The predicted molar refractivity (Wildman–Crippen MR) is 105 cm³/mol. The van der Waals surface area contributed by atoms with E-state index in [4.69, 9.17) is 13.9 Å². The van der Waals surface area contributed by atoms with E-state index in [9.17, 15) is 0 Å². The molecule has 0 amide bonds. The third-order valence-electron chi connectivity index (χ3n) is 4.04. The van der Waals surface area contributed by atoms with Crippen LogP contribution in [0, 0.1) is 6.92 Å². The molecule has 6 heteroatoms. The summed E-state index contributed by atoms with van der Waals surface area (Å²) in [7, 11) is 0. The number of hydrogen-bond acceptors (Lipinski definition) is 6. The van der Waals surface area contributed by atoms with Crippen LogP contribution in [0.25, 0.3) is 11.5 Å². The van der Waals surface area contributed by atoms with Gasteiger partial charge in [-0.25, -0.2) is 0 Å². The Morgan fingerprint density at radius 1 is 1.00 bits per heavy atom. The smallest absolute Gasteiger partial charge is 0.247 e. The van der Waals surface area contributed by atoms with E-state index < -0.39 is 0 Å². The minimum absolute atomic E-state index is 0.187. The highest BCUT2D eigenvalue weighted by atomic mass is 16.5. The van der Waals surface area contributed by atoms with Gasteiger partial charge in [-0.1, -0.05) is 17.7 Å². The van der Waals surface area contributed by atoms with Crippen molar-refractivity contribution < 1.29 is 13.9 Å². The van der Waals surface area contributed by atoms with E-state index >= 15 is 0 Å². The van der Waals surface area contributed by atoms with Gasteiger partial charge in [0.05, 0.1) is 18.9 Å². The Hall–Kier alpha value is -3.02. The lowest BCUT2D eigenvalue weighted by Gasteiger charge is -2.17. The highest BCUT2D eigenvalue weighted by Gasteiger charge is 2.17. The third kappa shape index (κ3) is 4.58. The standard InChI is InChI=1S/C21H25N3O3/c1-5-25-17-11-12-19(26-6-2)18(13-17)22-15(4)20-23-24-21(27-20)16-9-7-14(3)8-10-16/h7-13,15,22H,5-6H2,1-4H3. The number of rotatable bonds is 8. The number of nitrogens with zero attached hydrogens (tertiary/aromatic N) is 2. The van der Waals surface area contributed by atoms with Crippen LogP contribution in [0.3, 0.4) is 0 Å². The van der Waals surface area contributed by atoms with E-state index in [2.05, 4.69) is 15.5 Å². The Kier molecular flexibility index (Phi) is 5.96. The minimum atomic E-state index is -0.187. The van der Waals surface area contributed by atoms with Crippen LogP contribution in [0.4, 0.5) is 5.69 Å². The molecule has 0 bridgehead atoms. The number of anilines is 1. The maximum Gasteiger partial charge on any atom is 0.247 e. The average molecular weight is 367 g/mol. The first kappa shape index (κ1) is 18.8. The van der Waals surface area contributed by atoms with Crippen LogP contribution >= 0.6 is 0 Å². The number of nitrogens with one attached hydrogen (secondary N) is 1. The van der Waals surface area contributed by atoms with Gasteiger partial charge in [-0.15, -0.1) is 10.2 Å². The Morgan fingerprint density at radius 2 is 1.74 bits per heavy atom. The zero-order chi connectivity index (χ0) is 19.2. The van der Waals surface area contributed by atoms with Gasteiger partial charge in [-0.05, 0) is 52.0 Å². The van der Waals surface area contributed by atoms with Gasteiger partial charge in [0.25, 0.3) is 0 Å². The van der Waals surface area contributed by atoms with Crippen molar-refractivity contribution in [2.75, 3.05) is 18.5 Å². The minimum Gasteiger partial charge on any atom is -0.494 e. The van der Waals surface area contributed by atoms with Crippen molar-refractivity contribution >= 4 is 5.69 Å². The summed E-state index contributed by atoms with van der Waals surface area (Å²) in [4.78, 5) is 0. The first-order chi connectivity index (χ1) is 13.1. The lowest BCUT2D eigenvalue weighted by molar-refractivity contribution is 0.331. The van der Waals surface area contributed by atoms with Crippen LogP contribution in [0.1, 0.15) is 38.3 Å². The van der Waals surface area contributed by atoms with Crippen molar-refractivity contribution in [2.45, 2.75) is 33.7 Å². The van der Waals surface area contributed by atoms with Gasteiger partial charge in [-0.2, -0.15) is 0 Å². The fourth-order valence-electron chi connectivity index (χ4n) is 2.68. The molecule has 0 aliphatic carbocycles. The molecule has 2 aromatic carbocycles. The quantitative estimate of drug-likeness (QED) is 0.603. The summed E-state index contributed by atoms with van der Waals surface area (Å²) >= 11 is 0. The van der Waals surface area contributed by atoms with Crippen LogP contribution < -0.4 is 14.8 Å². The highest BCUT2D eigenvalue weighted by Crippen LogP contribution is 2.32. The zero-order valence-corrected chi connectivity index (χ0v) is 16.2. The molecule has 1 aromatic heterocycles. The third-order valence-corrected chi connectivity index (χ3v) is 4.04. The molecule has 142 valence electrons. The number of hydrogen-bond donors (Lipinski definition) is 1. The molecule has 0 saturated carbocycles. The zero-order valence-electron chi connectivity index (χ0n) is 16.2. The van der Waals surface area contributed by atoms with Gasteiger partial charge in [0.1, 0.15) is 17.5 Å². The van der Waals surface area contributed by atoms with Gasteiger partial charge in [0, 0.05) is 11.6 Å². The van der Waals surface area contributed by atoms with E-state index in [1.165, 1.54) is 5.56 Å². The lowest BCUT2D eigenvalue weighted by atomic mass is 10.1. The van der Waals surface area contributed by atoms with Gasteiger partial charge < -0.3 is 19.2 Å². The fraction of sp³-hybridized carbons (Fsp3) is 0.333. The van der Waals surface area contributed by atoms with Crippen LogP contribution in [0.5, 0.6) is 11.5 Å². The van der Waals surface area contributed by atoms with E-state index in [1.807, 2.05) is 70.2 Å². The molecule has 3 aromatic rings. The normalized spacial score (nSPS) is 11.9. The Labute approximate surface area is 159 Å². The predicted octanol–water partition coefficient (Wildman–Crippen LogP) is 5.02. The van der Waals surface area contributed by atoms with Gasteiger partial charge >= 0.3 is 0 Å². The van der Waals surface area contributed by atoms with Gasteiger partial charge in [-0.3, -0.25) is 0 Å². The molecule has 1 unspecified atom stereocenters. The summed E-state index contributed by atoms with van der Waals surface area (Å²) in [5, 5.41) is 11.7. The molecule has 27 heavy (non-hydrogen) atoms. The second-order valence-electron chi connectivity index (χ2n) is 6.20. The van der Waals surface area contributed by atoms with E-state index in [1.54, 1.807) is 0 Å². The Morgan fingerprint density at radius 3 is 2.44 bits per heavy atom. The fourth-order valence-corrected chi connectivity index (χ4v) is 2.68. The number of benzene rings is 2. The molecule has 1 atom stereocenters. The summed E-state index contributed by atoms with van der Waals surface area (Å²) < 4.78 is 17.2. The summed E-state index contributed by atoms with van der Waals surface area (Å²) in [5.74, 6) is 2.55. The maximum absolute atomic E-state index is 5.86. The van der Waals surface area contributed by atoms with Crippen LogP contribution in [0.15, 0.2) is 46.9 Å². The largest absolute Gasteiger partial charge is 0.494 e. The van der Waals surface area contributed by atoms with Gasteiger partial charge in [0.15, 0.2) is 0 Å². The molecule has 1 heterocycles. The molecule has 0 saturated heterocycles. The number of ether oxygens (including phenoxy) is 2. The molecule has 6 nitrogen and oxygen atoms in total. The molecular formula is C21H25N3O3. The lowest BCUT2D eigenvalue weighted by Crippen LogP contribution is -2.09. The van der Waals surface area contributed by atoms with Crippen molar-refractivity contribution in [3.05, 3.63) is 53.9 Å². The van der Waals surface area contributed by atoms with E-state index in [0.717, 1.165) is 22.7 Å². The maximum atomic E-state index is 5.86. The van der Waals surface area contributed by atoms with E-state index in [-0.39, 0.29) is 6.04 Å². The molecule has 0 aliphatic heterocycles. The molecule has 3 rings (SSSR count). The first-order valence-electron chi connectivity index (χ1n) is 9.17. The Bertz CT molecular complexity index is 875. The molecule has 0 aliphatic rings. The summed E-state index contributed by atoms with van der Waals surface area (Å²) in [5.41, 5.74) is 2.91. The first-order valence-corrected chi connectivity index (χ1v) is 9.17. The molecule has 1 N–H and O–H groups in total. The number of aryl methyl sites for hydroxylation is 1. The van der Waals surface area contributed by atoms with Crippen LogP contribution in [0.2, 0.25) is 0 Å². The summed E-state index contributed by atoms with van der Waals surface area (Å²) in [6.07, 6.45) is 0.